The zero-order valence-electron chi connectivity index (χ0n) is 19.6. The lowest BCUT2D eigenvalue weighted by Crippen LogP contribution is -2.31. The van der Waals surface area contributed by atoms with Crippen LogP contribution in [-0.2, 0) is 16.1 Å². The number of amides is 2. The molecule has 5 rings (SSSR count). The second-order valence-corrected chi connectivity index (χ2v) is 9.13. The number of nitrogens with one attached hydrogen (secondary N) is 1. The topological polar surface area (TPSA) is 103 Å². The first kappa shape index (κ1) is 23.0. The van der Waals surface area contributed by atoms with Crippen molar-refractivity contribution in [1.82, 2.24) is 24.1 Å². The number of hydrogen-bond donors (Lipinski definition) is 1. The van der Waals surface area contributed by atoms with Gasteiger partial charge in [-0.3, -0.25) is 18.6 Å². The van der Waals surface area contributed by atoms with Crippen LogP contribution in [0.4, 0.5) is 5.69 Å². The van der Waals surface area contributed by atoms with Crippen LogP contribution in [-0.4, -0.2) is 68.9 Å². The summed E-state index contributed by atoms with van der Waals surface area (Å²) in [6, 6.07) is 13.0. The van der Waals surface area contributed by atoms with Crippen molar-refractivity contribution in [1.29, 1.82) is 0 Å². The van der Waals surface area contributed by atoms with E-state index in [1.54, 1.807) is 25.3 Å². The van der Waals surface area contributed by atoms with Crippen LogP contribution in [0, 0.1) is 0 Å². The average molecular weight is 495 g/mol. The SMILES string of the molecule is COc1ccc(NC(=O)CSc2nnc3n(CC(=O)N4CCCC4)c4ccccc4n23)c(OC)c1. The van der Waals surface area contributed by atoms with E-state index >= 15 is 0 Å². The number of aromatic nitrogens is 4. The molecule has 0 spiro atoms. The Morgan fingerprint density at radius 2 is 1.80 bits per heavy atom. The maximum atomic E-state index is 12.9. The Labute approximate surface area is 206 Å². The molecule has 1 aliphatic rings. The average Bonchev–Trinajstić information content (AvgIpc) is 3.62. The highest BCUT2D eigenvalue weighted by Crippen LogP contribution is 2.30. The van der Waals surface area contributed by atoms with Gasteiger partial charge in [0.25, 0.3) is 0 Å². The van der Waals surface area contributed by atoms with Crippen LogP contribution in [0.15, 0.2) is 47.6 Å². The van der Waals surface area contributed by atoms with E-state index in [1.807, 2.05) is 38.1 Å². The Bertz CT molecular complexity index is 1390. The van der Waals surface area contributed by atoms with Crippen molar-refractivity contribution in [3.63, 3.8) is 0 Å². The summed E-state index contributed by atoms with van der Waals surface area (Å²) < 4.78 is 14.4. The van der Waals surface area contributed by atoms with Crippen molar-refractivity contribution in [2.75, 3.05) is 38.4 Å². The van der Waals surface area contributed by atoms with Gasteiger partial charge in [0.15, 0.2) is 5.16 Å². The van der Waals surface area contributed by atoms with Gasteiger partial charge in [-0.2, -0.15) is 0 Å². The number of rotatable bonds is 8. The summed E-state index contributed by atoms with van der Waals surface area (Å²) in [5, 5.41) is 12.1. The van der Waals surface area contributed by atoms with Gasteiger partial charge in [0.05, 0.1) is 36.7 Å². The Kier molecular flexibility index (Phi) is 6.49. The Hall–Kier alpha value is -3.73. The molecule has 1 saturated heterocycles. The monoisotopic (exact) mass is 494 g/mol. The number of ether oxygens (including phenoxy) is 2. The smallest absolute Gasteiger partial charge is 0.242 e. The maximum absolute atomic E-state index is 12.9. The largest absolute Gasteiger partial charge is 0.497 e. The summed E-state index contributed by atoms with van der Waals surface area (Å²) in [6.45, 7) is 1.81. The van der Waals surface area contributed by atoms with Crippen LogP contribution < -0.4 is 14.8 Å². The molecular formula is C24H26N6O4S. The fourth-order valence-electron chi connectivity index (χ4n) is 4.31. The molecule has 0 aliphatic carbocycles. The summed E-state index contributed by atoms with van der Waals surface area (Å²) in [5.41, 5.74) is 2.35. The predicted octanol–water partition coefficient (Wildman–Crippen LogP) is 3.05. The fourth-order valence-corrected chi connectivity index (χ4v) is 5.05. The fraction of sp³-hybridized carbons (Fsp3) is 0.333. The van der Waals surface area contributed by atoms with Crippen molar-refractivity contribution in [2.45, 2.75) is 24.5 Å². The first-order chi connectivity index (χ1) is 17.1. The number of fused-ring (bicyclic) bond motifs is 3. The number of likely N-dealkylation sites (tertiary alicyclic amines) is 1. The number of carbonyl (C=O) groups excluding carboxylic acids is 2. The Balaban J connectivity index is 1.36. The van der Waals surface area contributed by atoms with Crippen LogP contribution in [0.3, 0.4) is 0 Å². The van der Waals surface area contributed by atoms with E-state index < -0.39 is 0 Å². The number of carbonyl (C=O) groups is 2. The molecule has 1 aliphatic heterocycles. The Morgan fingerprint density at radius 1 is 1.03 bits per heavy atom. The van der Waals surface area contributed by atoms with Gasteiger partial charge in [-0.25, -0.2) is 0 Å². The number of nitrogens with zero attached hydrogens (tertiary/aromatic N) is 5. The van der Waals surface area contributed by atoms with E-state index in [4.69, 9.17) is 9.47 Å². The third-order valence-electron chi connectivity index (χ3n) is 6.04. The van der Waals surface area contributed by atoms with Crippen LogP contribution in [0.1, 0.15) is 12.8 Å². The molecule has 0 unspecified atom stereocenters. The molecule has 3 heterocycles. The van der Waals surface area contributed by atoms with E-state index in [0.717, 1.165) is 37.0 Å². The van der Waals surface area contributed by atoms with Crippen molar-refractivity contribution >= 4 is 46.1 Å². The van der Waals surface area contributed by atoms with Crippen molar-refractivity contribution in [3.8, 4) is 11.5 Å². The highest BCUT2D eigenvalue weighted by Gasteiger charge is 2.23. The molecule has 0 bridgehead atoms. The van der Waals surface area contributed by atoms with E-state index in [-0.39, 0.29) is 24.1 Å². The minimum absolute atomic E-state index is 0.0794. The predicted molar refractivity (Wildman–Crippen MR) is 133 cm³/mol. The standard InChI is InChI=1S/C24H26N6O4S/c1-33-16-9-10-17(20(13-16)34-2)25-21(31)15-35-24-27-26-23-29(14-22(32)28-11-5-6-12-28)18-7-3-4-8-19(18)30(23)24/h3-4,7-10,13H,5-6,11-12,14-15H2,1-2H3,(H,25,31). The van der Waals surface area contributed by atoms with E-state index in [2.05, 4.69) is 15.5 Å². The van der Waals surface area contributed by atoms with E-state index in [0.29, 0.717) is 28.1 Å². The summed E-state index contributed by atoms with van der Waals surface area (Å²) in [5.74, 6) is 1.73. The number of methoxy groups -OCH3 is 2. The van der Waals surface area contributed by atoms with Crippen molar-refractivity contribution in [2.24, 2.45) is 0 Å². The number of thioether (sulfide) groups is 1. The summed E-state index contributed by atoms with van der Waals surface area (Å²) in [4.78, 5) is 27.5. The number of anilines is 1. The molecule has 0 atom stereocenters. The molecule has 0 saturated carbocycles. The van der Waals surface area contributed by atoms with E-state index in [1.165, 1.54) is 18.9 Å². The number of benzene rings is 2. The van der Waals surface area contributed by atoms with Crippen LogP contribution >= 0.6 is 11.8 Å². The lowest BCUT2D eigenvalue weighted by Gasteiger charge is -2.15. The molecular weight excluding hydrogens is 468 g/mol. The number of imidazole rings is 1. The molecule has 182 valence electrons. The molecule has 2 aromatic carbocycles. The van der Waals surface area contributed by atoms with Crippen molar-refractivity contribution < 1.29 is 19.1 Å². The zero-order chi connectivity index (χ0) is 24.4. The number of hydrogen-bond acceptors (Lipinski definition) is 7. The zero-order valence-corrected chi connectivity index (χ0v) is 20.4. The first-order valence-electron chi connectivity index (χ1n) is 11.3. The van der Waals surface area contributed by atoms with E-state index in [9.17, 15) is 9.59 Å². The molecule has 1 fully saturated rings. The third-order valence-corrected chi connectivity index (χ3v) is 6.97. The maximum Gasteiger partial charge on any atom is 0.242 e. The lowest BCUT2D eigenvalue weighted by atomic mass is 10.2. The minimum Gasteiger partial charge on any atom is -0.497 e. The third kappa shape index (κ3) is 4.51. The van der Waals surface area contributed by atoms with Gasteiger partial charge in [-0.15, -0.1) is 10.2 Å². The van der Waals surface area contributed by atoms with Crippen LogP contribution in [0.2, 0.25) is 0 Å². The van der Waals surface area contributed by atoms with Gasteiger partial charge in [-0.05, 0) is 37.1 Å². The highest BCUT2D eigenvalue weighted by atomic mass is 32.2. The summed E-state index contributed by atoms with van der Waals surface area (Å²) in [6.07, 6.45) is 2.09. The number of para-hydroxylation sites is 2. The van der Waals surface area contributed by atoms with Gasteiger partial charge in [0.2, 0.25) is 17.6 Å². The van der Waals surface area contributed by atoms with Gasteiger partial charge in [0, 0.05) is 19.2 Å². The van der Waals surface area contributed by atoms with Crippen LogP contribution in [0.25, 0.3) is 16.8 Å². The normalized spacial score (nSPS) is 13.5. The quantitative estimate of drug-likeness (QED) is 0.376. The molecule has 35 heavy (non-hydrogen) atoms. The lowest BCUT2D eigenvalue weighted by molar-refractivity contribution is -0.130. The molecule has 11 heteroatoms. The van der Waals surface area contributed by atoms with Crippen molar-refractivity contribution in [3.05, 3.63) is 42.5 Å². The Morgan fingerprint density at radius 3 is 2.54 bits per heavy atom. The molecule has 2 aromatic heterocycles. The minimum atomic E-state index is -0.205. The molecule has 0 radical (unpaired) electrons. The second kappa shape index (κ2) is 9.87. The molecule has 2 amide bonds. The molecule has 1 N–H and O–H groups in total. The van der Waals surface area contributed by atoms with Gasteiger partial charge in [0.1, 0.15) is 18.0 Å². The van der Waals surface area contributed by atoms with Gasteiger partial charge < -0.3 is 19.7 Å². The summed E-state index contributed by atoms with van der Waals surface area (Å²) >= 11 is 1.28. The highest BCUT2D eigenvalue weighted by molar-refractivity contribution is 7.99. The van der Waals surface area contributed by atoms with Gasteiger partial charge >= 0.3 is 0 Å². The molecule has 4 aromatic rings. The molecule has 10 nitrogen and oxygen atoms in total. The second-order valence-electron chi connectivity index (χ2n) is 8.18. The van der Waals surface area contributed by atoms with Gasteiger partial charge in [-0.1, -0.05) is 23.9 Å². The summed E-state index contributed by atoms with van der Waals surface area (Å²) in [7, 11) is 3.11. The van der Waals surface area contributed by atoms with Crippen LogP contribution in [0.5, 0.6) is 11.5 Å². The first-order valence-corrected chi connectivity index (χ1v) is 12.3.